The number of aromatic nitrogens is 2. The van der Waals surface area contributed by atoms with Crippen LogP contribution in [0.15, 0.2) is 30.7 Å². The second kappa shape index (κ2) is 9.30. The first-order valence-electron chi connectivity index (χ1n) is 10.8. The number of aryl methyl sites for hydroxylation is 1. The van der Waals surface area contributed by atoms with Crippen LogP contribution < -0.4 is 15.5 Å². The maximum absolute atomic E-state index is 12.7. The van der Waals surface area contributed by atoms with Gasteiger partial charge in [0, 0.05) is 25.5 Å². The molecule has 1 unspecified atom stereocenters. The number of hydrogen-bond acceptors (Lipinski definition) is 7. The van der Waals surface area contributed by atoms with Crippen LogP contribution in [0.2, 0.25) is 0 Å². The lowest BCUT2D eigenvalue weighted by molar-refractivity contribution is 0.254. The average molecular weight is 457 g/mol. The zero-order valence-corrected chi connectivity index (χ0v) is 18.9. The molecule has 1 atom stereocenters. The van der Waals surface area contributed by atoms with Crippen molar-refractivity contribution in [3.8, 4) is 6.07 Å². The minimum Gasteiger partial charge on any atom is -0.363 e. The number of rotatable bonds is 5. The molecule has 2 aromatic rings. The normalized spacial score (nSPS) is 19.2. The van der Waals surface area contributed by atoms with Crippen molar-refractivity contribution in [3.63, 3.8) is 0 Å². The maximum Gasteiger partial charge on any atom is 0.336 e. The summed E-state index contributed by atoms with van der Waals surface area (Å²) >= 11 is 0. The highest BCUT2D eigenvalue weighted by Crippen LogP contribution is 2.30. The number of hydrogen-bond donors (Lipinski definition) is 2. The van der Waals surface area contributed by atoms with Crippen LogP contribution in [0, 0.1) is 17.2 Å². The lowest BCUT2D eigenvalue weighted by Crippen LogP contribution is -2.50. The number of carbonyl (C=O) groups excluding carboxylic acids is 1. The van der Waals surface area contributed by atoms with Gasteiger partial charge in [-0.15, -0.1) is 0 Å². The van der Waals surface area contributed by atoms with Crippen molar-refractivity contribution in [2.24, 2.45) is 13.0 Å². The molecule has 2 aliphatic rings. The summed E-state index contributed by atoms with van der Waals surface area (Å²) in [5, 5.41) is 14.4. The van der Waals surface area contributed by atoms with E-state index in [4.69, 9.17) is 0 Å². The molecule has 1 fully saturated rings. The number of nitriles is 1. The Morgan fingerprint density at radius 1 is 1.34 bits per heavy atom. The monoisotopic (exact) mass is 456 g/mol. The predicted molar refractivity (Wildman–Crippen MR) is 121 cm³/mol. The molecule has 1 aromatic heterocycles. The van der Waals surface area contributed by atoms with Gasteiger partial charge in [-0.2, -0.15) is 5.26 Å². The van der Waals surface area contributed by atoms with E-state index in [2.05, 4.69) is 26.6 Å². The van der Waals surface area contributed by atoms with Gasteiger partial charge in [0.15, 0.2) is 0 Å². The van der Waals surface area contributed by atoms with Crippen LogP contribution in [0.3, 0.4) is 0 Å². The molecule has 2 N–H and O–H groups in total. The van der Waals surface area contributed by atoms with Gasteiger partial charge in [0.05, 0.1) is 42.0 Å². The van der Waals surface area contributed by atoms with Crippen molar-refractivity contribution < 1.29 is 13.2 Å². The van der Waals surface area contributed by atoms with E-state index >= 15 is 0 Å². The van der Waals surface area contributed by atoms with E-state index < -0.39 is 15.1 Å². The quantitative estimate of drug-likeness (QED) is 0.697. The fourth-order valence-electron chi connectivity index (χ4n) is 4.49. The van der Waals surface area contributed by atoms with Gasteiger partial charge < -0.3 is 20.1 Å². The third-order valence-corrected chi connectivity index (χ3v) is 7.84. The summed E-state index contributed by atoms with van der Waals surface area (Å²) in [5.41, 5.74) is 3.42. The third-order valence-electron chi connectivity index (χ3n) is 6.24. The summed E-state index contributed by atoms with van der Waals surface area (Å²) in [4.78, 5) is 19.0. The van der Waals surface area contributed by atoms with Gasteiger partial charge >= 0.3 is 5.24 Å². The van der Waals surface area contributed by atoms with Gasteiger partial charge in [0.25, 0.3) is 0 Å². The van der Waals surface area contributed by atoms with Crippen LogP contribution >= 0.6 is 0 Å². The SMILES string of the molecule is Cn1cncc1CN1CC(NC(=O)S(=O)(=O)CC2CCNCC2)Cc2cc(C#N)ccc21. The van der Waals surface area contributed by atoms with E-state index in [1.165, 1.54) is 0 Å². The van der Waals surface area contributed by atoms with Gasteiger partial charge in [-0.25, -0.2) is 13.4 Å². The highest BCUT2D eigenvalue weighted by atomic mass is 32.2. The summed E-state index contributed by atoms with van der Waals surface area (Å²) in [6.07, 6.45) is 5.51. The first-order chi connectivity index (χ1) is 15.4. The Morgan fingerprint density at radius 3 is 2.81 bits per heavy atom. The zero-order chi connectivity index (χ0) is 22.7. The van der Waals surface area contributed by atoms with E-state index in [0.717, 1.165) is 42.9 Å². The van der Waals surface area contributed by atoms with Gasteiger partial charge in [0.2, 0.25) is 9.84 Å². The number of nitrogens with one attached hydrogen (secondary N) is 2. The molecule has 170 valence electrons. The summed E-state index contributed by atoms with van der Waals surface area (Å²) in [6.45, 7) is 2.60. The highest BCUT2D eigenvalue weighted by molar-refractivity contribution is 8.06. The molecule has 3 heterocycles. The Morgan fingerprint density at radius 2 is 2.12 bits per heavy atom. The molecule has 0 spiro atoms. The van der Waals surface area contributed by atoms with Crippen LogP contribution in [0.1, 0.15) is 29.7 Å². The van der Waals surface area contributed by atoms with Gasteiger partial charge in [-0.05, 0) is 62.0 Å². The van der Waals surface area contributed by atoms with Gasteiger partial charge in [-0.3, -0.25) is 4.79 Å². The molecule has 0 radical (unpaired) electrons. The second-order valence-corrected chi connectivity index (χ2v) is 10.6. The Kier molecular flexibility index (Phi) is 6.48. The highest BCUT2D eigenvalue weighted by Gasteiger charge is 2.32. The summed E-state index contributed by atoms with van der Waals surface area (Å²) < 4.78 is 27.3. The fourth-order valence-corrected chi connectivity index (χ4v) is 5.94. The van der Waals surface area contributed by atoms with Crippen LogP contribution in [-0.4, -0.2) is 54.6 Å². The molecule has 10 heteroatoms. The van der Waals surface area contributed by atoms with E-state index in [1.54, 1.807) is 18.6 Å². The molecular formula is C22H28N6O3S. The van der Waals surface area contributed by atoms with Crippen molar-refractivity contribution in [2.45, 2.75) is 31.8 Å². The number of nitrogens with zero attached hydrogens (tertiary/aromatic N) is 4. The molecule has 4 rings (SSSR count). The second-order valence-electron chi connectivity index (χ2n) is 8.64. The van der Waals surface area contributed by atoms with E-state index in [9.17, 15) is 18.5 Å². The summed E-state index contributed by atoms with van der Waals surface area (Å²) in [6, 6.07) is 7.28. The molecule has 2 aliphatic heterocycles. The smallest absolute Gasteiger partial charge is 0.336 e. The minimum absolute atomic E-state index is 0.0126. The van der Waals surface area contributed by atoms with E-state index in [0.29, 0.717) is 25.1 Å². The summed E-state index contributed by atoms with van der Waals surface area (Å²) in [7, 11) is -1.97. The third kappa shape index (κ3) is 4.95. The van der Waals surface area contributed by atoms with E-state index in [-0.39, 0.29) is 17.7 Å². The van der Waals surface area contributed by atoms with Crippen LogP contribution in [0.4, 0.5) is 10.5 Å². The van der Waals surface area contributed by atoms with Crippen LogP contribution in [0.25, 0.3) is 0 Å². The fraction of sp³-hybridized carbons (Fsp3) is 0.500. The Balaban J connectivity index is 1.51. The number of benzene rings is 1. The molecular weight excluding hydrogens is 428 g/mol. The zero-order valence-electron chi connectivity index (χ0n) is 18.1. The summed E-state index contributed by atoms with van der Waals surface area (Å²) in [5.74, 6) is -0.0974. The largest absolute Gasteiger partial charge is 0.363 e. The first-order valence-corrected chi connectivity index (χ1v) is 12.5. The predicted octanol–water partition coefficient (Wildman–Crippen LogP) is 1.35. The molecule has 1 saturated heterocycles. The number of imidazole rings is 1. The van der Waals surface area contributed by atoms with Crippen LogP contribution in [-0.2, 0) is 29.9 Å². The van der Waals surface area contributed by atoms with Crippen molar-refractivity contribution >= 4 is 20.8 Å². The molecule has 1 amide bonds. The number of anilines is 1. The number of piperidine rings is 1. The molecule has 0 aliphatic carbocycles. The molecule has 1 aromatic carbocycles. The van der Waals surface area contributed by atoms with Gasteiger partial charge in [-0.1, -0.05) is 0 Å². The molecule has 0 bridgehead atoms. The minimum atomic E-state index is -3.89. The number of sulfone groups is 1. The van der Waals surface area contributed by atoms with Crippen molar-refractivity contribution in [2.75, 3.05) is 30.3 Å². The topological polar surface area (TPSA) is 120 Å². The molecule has 0 saturated carbocycles. The van der Waals surface area contributed by atoms with Gasteiger partial charge in [0.1, 0.15) is 0 Å². The van der Waals surface area contributed by atoms with Crippen molar-refractivity contribution in [3.05, 3.63) is 47.5 Å². The number of amides is 1. The lowest BCUT2D eigenvalue weighted by atomic mass is 9.96. The Bertz CT molecular complexity index is 1130. The molecule has 32 heavy (non-hydrogen) atoms. The van der Waals surface area contributed by atoms with E-state index in [1.807, 2.05) is 23.7 Å². The number of fused-ring (bicyclic) bond motifs is 1. The lowest BCUT2D eigenvalue weighted by Gasteiger charge is -2.36. The van der Waals surface area contributed by atoms with Crippen molar-refractivity contribution in [1.82, 2.24) is 20.2 Å². The Labute approximate surface area is 188 Å². The average Bonchev–Trinajstić information content (AvgIpc) is 3.18. The number of carbonyl (C=O) groups is 1. The standard InChI is InChI=1S/C22H28N6O3S/c1-27-15-25-11-20(27)13-28-12-19(9-18-8-17(10-23)2-3-21(18)28)26-22(29)32(30,31)14-16-4-6-24-7-5-16/h2-3,8,11,15-16,19,24H,4-7,9,12-14H2,1H3,(H,26,29). The Hall–Kier alpha value is -2.90. The van der Waals surface area contributed by atoms with Crippen LogP contribution in [0.5, 0.6) is 0 Å². The maximum atomic E-state index is 12.7. The van der Waals surface area contributed by atoms with Crippen molar-refractivity contribution in [1.29, 1.82) is 5.26 Å². The molecule has 9 nitrogen and oxygen atoms in total. The first kappa shape index (κ1) is 22.3.